The fourth-order valence-electron chi connectivity index (χ4n) is 3.14. The average Bonchev–Trinajstić information content (AvgIpc) is 2.59. The Morgan fingerprint density at radius 1 is 1.20 bits per heavy atom. The van der Waals surface area contributed by atoms with Crippen LogP contribution in [0, 0.1) is 12.8 Å². The van der Waals surface area contributed by atoms with Gasteiger partial charge in [0.05, 0.1) is 12.2 Å². The second kappa shape index (κ2) is 6.23. The number of benzene rings is 1. The maximum atomic E-state index is 12.5. The van der Waals surface area contributed by atoms with Crippen LogP contribution in [0.3, 0.4) is 0 Å². The first-order valence-corrected chi connectivity index (χ1v) is 8.32. The number of likely N-dealkylation sites (tertiary alicyclic amines) is 1. The number of rotatable bonds is 3. The highest BCUT2D eigenvalue weighted by atomic mass is 16.6. The second-order valence-corrected chi connectivity index (χ2v) is 6.47. The minimum absolute atomic E-state index is 0.0738. The molecule has 1 aromatic carbocycles. The Balaban J connectivity index is 1.34. The van der Waals surface area contributed by atoms with Gasteiger partial charge in [-0.1, -0.05) is 12.1 Å². The number of aryl methyl sites for hydroxylation is 1. The molecule has 1 amide bonds. The summed E-state index contributed by atoms with van der Waals surface area (Å²) < 4.78 is 12.8. The smallest absolute Gasteiger partial charge is 0.267 e. The van der Waals surface area contributed by atoms with Crippen LogP contribution in [0.4, 0.5) is 0 Å². The van der Waals surface area contributed by atoms with Crippen LogP contribution in [0.2, 0.25) is 0 Å². The summed E-state index contributed by atoms with van der Waals surface area (Å²) in [5, 5.41) is 4.24. The zero-order chi connectivity index (χ0) is 17.4. The van der Waals surface area contributed by atoms with Crippen molar-refractivity contribution in [2.24, 2.45) is 5.92 Å². The van der Waals surface area contributed by atoms with Crippen LogP contribution < -0.4 is 15.0 Å². The molecule has 130 valence electrons. The first-order valence-electron chi connectivity index (χ1n) is 8.32. The molecule has 1 fully saturated rings. The van der Waals surface area contributed by atoms with E-state index in [0.717, 1.165) is 5.69 Å². The predicted molar refractivity (Wildman–Crippen MR) is 89.7 cm³/mol. The second-order valence-electron chi connectivity index (χ2n) is 6.47. The molecule has 1 unspecified atom stereocenters. The molecule has 2 aliphatic rings. The number of amides is 1. The Bertz CT molecular complexity index is 857. The highest BCUT2D eigenvalue weighted by Gasteiger charge is 2.37. The van der Waals surface area contributed by atoms with Gasteiger partial charge in [-0.2, -0.15) is 5.10 Å². The molecular formula is C18H19N3O4. The predicted octanol–water partition coefficient (Wildman–Crippen LogP) is 0.850. The van der Waals surface area contributed by atoms with Crippen molar-refractivity contribution in [3.63, 3.8) is 0 Å². The van der Waals surface area contributed by atoms with Crippen LogP contribution in [0.15, 0.2) is 41.2 Å². The van der Waals surface area contributed by atoms with E-state index in [1.54, 1.807) is 17.0 Å². The van der Waals surface area contributed by atoms with Crippen molar-refractivity contribution in [2.45, 2.75) is 19.6 Å². The maximum Gasteiger partial charge on any atom is 0.267 e. The first kappa shape index (κ1) is 15.7. The minimum atomic E-state index is -0.615. The standard InChI is InChI=1S/C18H19N3O4/c1-12-6-7-17(22)21(19-12)10-13-8-20(9-13)18(23)16-11-24-14-4-2-3-5-15(14)25-16/h2-7,13,16H,8-11H2,1H3. The molecule has 0 saturated carbocycles. The van der Waals surface area contributed by atoms with Gasteiger partial charge in [0.25, 0.3) is 11.5 Å². The van der Waals surface area contributed by atoms with Crippen LogP contribution in [0.25, 0.3) is 0 Å². The lowest BCUT2D eigenvalue weighted by Gasteiger charge is -2.41. The van der Waals surface area contributed by atoms with Gasteiger partial charge in [-0.05, 0) is 25.1 Å². The highest BCUT2D eigenvalue weighted by Crippen LogP contribution is 2.32. The molecule has 0 N–H and O–H groups in total. The molecule has 1 atom stereocenters. The summed E-state index contributed by atoms with van der Waals surface area (Å²) in [4.78, 5) is 26.1. The number of para-hydroxylation sites is 2. The molecule has 7 heteroatoms. The normalized spacial score (nSPS) is 19.4. The first-order chi connectivity index (χ1) is 12.1. The average molecular weight is 341 g/mol. The highest BCUT2D eigenvalue weighted by molar-refractivity contribution is 5.82. The Labute approximate surface area is 144 Å². The Kier molecular flexibility index (Phi) is 3.91. The molecular weight excluding hydrogens is 322 g/mol. The Morgan fingerprint density at radius 3 is 2.76 bits per heavy atom. The number of hydrogen-bond acceptors (Lipinski definition) is 5. The van der Waals surface area contributed by atoms with Crippen molar-refractivity contribution < 1.29 is 14.3 Å². The Morgan fingerprint density at radius 2 is 1.96 bits per heavy atom. The maximum absolute atomic E-state index is 12.5. The number of ether oxygens (including phenoxy) is 2. The van der Waals surface area contributed by atoms with Crippen molar-refractivity contribution in [3.05, 3.63) is 52.4 Å². The van der Waals surface area contributed by atoms with E-state index in [4.69, 9.17) is 9.47 Å². The molecule has 0 bridgehead atoms. The summed E-state index contributed by atoms with van der Waals surface area (Å²) in [6, 6.07) is 10.6. The zero-order valence-corrected chi connectivity index (χ0v) is 13.9. The summed E-state index contributed by atoms with van der Waals surface area (Å²) in [5.74, 6) is 1.42. The zero-order valence-electron chi connectivity index (χ0n) is 13.9. The van der Waals surface area contributed by atoms with Gasteiger partial charge in [-0.25, -0.2) is 4.68 Å². The molecule has 3 heterocycles. The van der Waals surface area contributed by atoms with Crippen LogP contribution >= 0.6 is 0 Å². The fraction of sp³-hybridized carbons (Fsp3) is 0.389. The van der Waals surface area contributed by atoms with E-state index >= 15 is 0 Å². The van der Waals surface area contributed by atoms with E-state index in [9.17, 15) is 9.59 Å². The van der Waals surface area contributed by atoms with E-state index in [0.29, 0.717) is 31.1 Å². The molecule has 0 aliphatic carbocycles. The lowest BCUT2D eigenvalue weighted by Crippen LogP contribution is -2.57. The summed E-state index contributed by atoms with van der Waals surface area (Å²) in [7, 11) is 0. The number of carbonyl (C=O) groups is 1. The molecule has 2 aliphatic heterocycles. The van der Waals surface area contributed by atoms with Gasteiger partial charge in [0.15, 0.2) is 11.5 Å². The molecule has 1 aromatic heterocycles. The fourth-order valence-corrected chi connectivity index (χ4v) is 3.14. The topological polar surface area (TPSA) is 73.7 Å². The van der Waals surface area contributed by atoms with Crippen molar-refractivity contribution in [1.29, 1.82) is 0 Å². The van der Waals surface area contributed by atoms with E-state index in [1.165, 1.54) is 10.7 Å². The molecule has 7 nitrogen and oxygen atoms in total. The molecule has 4 rings (SSSR count). The van der Waals surface area contributed by atoms with Gasteiger partial charge in [0, 0.05) is 25.1 Å². The van der Waals surface area contributed by atoms with Crippen LogP contribution in [0.1, 0.15) is 5.69 Å². The molecule has 1 saturated heterocycles. The summed E-state index contributed by atoms with van der Waals surface area (Å²) in [6.07, 6.45) is -0.615. The molecule has 0 radical (unpaired) electrons. The largest absolute Gasteiger partial charge is 0.485 e. The van der Waals surface area contributed by atoms with Gasteiger partial charge in [0.2, 0.25) is 6.10 Å². The Hall–Kier alpha value is -2.83. The van der Waals surface area contributed by atoms with Crippen LogP contribution in [0.5, 0.6) is 11.5 Å². The van der Waals surface area contributed by atoms with E-state index in [1.807, 2.05) is 25.1 Å². The number of hydrogen-bond donors (Lipinski definition) is 0. The lowest BCUT2D eigenvalue weighted by molar-refractivity contribution is -0.148. The third-order valence-corrected chi connectivity index (χ3v) is 4.48. The van der Waals surface area contributed by atoms with Crippen LogP contribution in [-0.2, 0) is 11.3 Å². The van der Waals surface area contributed by atoms with E-state index in [-0.39, 0.29) is 24.0 Å². The monoisotopic (exact) mass is 341 g/mol. The quantitative estimate of drug-likeness (QED) is 0.827. The molecule has 2 aromatic rings. The van der Waals surface area contributed by atoms with E-state index < -0.39 is 6.10 Å². The van der Waals surface area contributed by atoms with Crippen LogP contribution in [-0.4, -0.2) is 46.4 Å². The summed E-state index contributed by atoms with van der Waals surface area (Å²) >= 11 is 0. The van der Waals surface area contributed by atoms with Gasteiger partial charge in [-0.3, -0.25) is 9.59 Å². The van der Waals surface area contributed by atoms with Gasteiger partial charge < -0.3 is 14.4 Å². The van der Waals surface area contributed by atoms with Gasteiger partial charge >= 0.3 is 0 Å². The van der Waals surface area contributed by atoms with Crippen molar-refractivity contribution in [1.82, 2.24) is 14.7 Å². The summed E-state index contributed by atoms with van der Waals surface area (Å²) in [5.41, 5.74) is 0.689. The number of aromatic nitrogens is 2. The van der Waals surface area contributed by atoms with Crippen molar-refractivity contribution >= 4 is 5.91 Å². The number of nitrogens with zero attached hydrogens (tertiary/aromatic N) is 3. The molecule has 25 heavy (non-hydrogen) atoms. The van der Waals surface area contributed by atoms with Gasteiger partial charge in [0.1, 0.15) is 6.61 Å². The SMILES string of the molecule is Cc1ccc(=O)n(CC2CN(C(=O)C3COc4ccccc4O3)C2)n1. The third-order valence-electron chi connectivity index (χ3n) is 4.48. The van der Waals surface area contributed by atoms with Crippen molar-refractivity contribution in [2.75, 3.05) is 19.7 Å². The third kappa shape index (κ3) is 3.09. The summed E-state index contributed by atoms with van der Waals surface area (Å²) in [6.45, 7) is 3.79. The van der Waals surface area contributed by atoms with Gasteiger partial charge in [-0.15, -0.1) is 0 Å². The van der Waals surface area contributed by atoms with Crippen molar-refractivity contribution in [3.8, 4) is 11.5 Å². The number of carbonyl (C=O) groups excluding carboxylic acids is 1. The lowest BCUT2D eigenvalue weighted by atomic mass is 9.99. The number of fused-ring (bicyclic) bond motifs is 1. The minimum Gasteiger partial charge on any atom is -0.485 e. The molecule has 0 spiro atoms. The van der Waals surface area contributed by atoms with E-state index in [2.05, 4.69) is 5.10 Å².